The fraction of sp³-hybridized carbons (Fsp3) is 0.647. The quantitative estimate of drug-likeness (QED) is 0.847. The average Bonchev–Trinajstić information content (AvgIpc) is 2.48. The van der Waals surface area contributed by atoms with Crippen LogP contribution in [0.25, 0.3) is 0 Å². The van der Waals surface area contributed by atoms with E-state index in [1.54, 1.807) is 7.11 Å². The highest BCUT2D eigenvalue weighted by atomic mass is 32.2. The van der Waals surface area contributed by atoms with Crippen LogP contribution in [0.1, 0.15) is 44.4 Å². The number of aliphatic hydroxyl groups excluding tert-OH is 1. The van der Waals surface area contributed by atoms with Gasteiger partial charge in [0.25, 0.3) is 0 Å². The third-order valence-corrected chi connectivity index (χ3v) is 5.93. The summed E-state index contributed by atoms with van der Waals surface area (Å²) in [6, 6.07) is 6.77. The Kier molecular flexibility index (Phi) is 5.97. The number of rotatable bonds is 6. The fourth-order valence-corrected chi connectivity index (χ4v) is 4.32. The second-order valence-corrected chi connectivity index (χ2v) is 7.38. The molecule has 0 saturated carbocycles. The zero-order valence-electron chi connectivity index (χ0n) is 13.4. The van der Waals surface area contributed by atoms with Gasteiger partial charge in [-0.3, -0.25) is 0 Å². The first-order chi connectivity index (χ1) is 10.1. The lowest BCUT2D eigenvalue weighted by atomic mass is 9.87. The molecule has 0 aliphatic heterocycles. The van der Waals surface area contributed by atoms with E-state index in [2.05, 4.69) is 31.3 Å². The smallest absolute Gasteiger partial charge is 0.119 e. The minimum atomic E-state index is -0.269. The maximum absolute atomic E-state index is 9.77. The van der Waals surface area contributed by atoms with Gasteiger partial charge in [0.2, 0.25) is 0 Å². The lowest BCUT2D eigenvalue weighted by Gasteiger charge is -2.36. The highest BCUT2D eigenvalue weighted by Crippen LogP contribution is 2.40. The number of hydrogen-bond donors (Lipinski definition) is 2. The van der Waals surface area contributed by atoms with E-state index in [0.717, 1.165) is 25.1 Å². The molecule has 4 heteroatoms. The van der Waals surface area contributed by atoms with Gasteiger partial charge in [-0.2, -0.15) is 11.8 Å². The van der Waals surface area contributed by atoms with Crippen LogP contribution in [0.2, 0.25) is 0 Å². The van der Waals surface area contributed by atoms with Gasteiger partial charge in [0.1, 0.15) is 5.75 Å². The molecule has 0 fully saturated rings. The van der Waals surface area contributed by atoms with E-state index < -0.39 is 0 Å². The van der Waals surface area contributed by atoms with Crippen LogP contribution in [0.4, 0.5) is 0 Å². The van der Waals surface area contributed by atoms with Gasteiger partial charge in [0.15, 0.2) is 0 Å². The Labute approximate surface area is 132 Å². The van der Waals surface area contributed by atoms with Crippen molar-refractivity contribution in [3.8, 4) is 5.75 Å². The summed E-state index contributed by atoms with van der Waals surface area (Å²) >= 11 is 1.91. The van der Waals surface area contributed by atoms with E-state index >= 15 is 0 Å². The van der Waals surface area contributed by atoms with Crippen LogP contribution in [0.3, 0.4) is 0 Å². The highest BCUT2D eigenvalue weighted by Gasteiger charge is 2.31. The van der Waals surface area contributed by atoms with Gasteiger partial charge in [0.05, 0.1) is 13.2 Å². The predicted molar refractivity (Wildman–Crippen MR) is 90.3 cm³/mol. The molecule has 1 aromatic rings. The van der Waals surface area contributed by atoms with Crippen molar-refractivity contribution in [2.75, 3.05) is 13.7 Å². The van der Waals surface area contributed by atoms with Crippen molar-refractivity contribution < 1.29 is 9.84 Å². The molecule has 0 radical (unpaired) electrons. The number of benzene rings is 1. The van der Waals surface area contributed by atoms with E-state index in [1.807, 2.05) is 24.8 Å². The highest BCUT2D eigenvalue weighted by molar-refractivity contribution is 8.00. The number of ether oxygens (including phenoxy) is 1. The molecule has 3 nitrogen and oxygen atoms in total. The molecule has 21 heavy (non-hydrogen) atoms. The molecule has 118 valence electrons. The summed E-state index contributed by atoms with van der Waals surface area (Å²) in [5, 5.41) is 14.2. The Balaban J connectivity index is 2.21. The van der Waals surface area contributed by atoms with Gasteiger partial charge in [-0.25, -0.2) is 0 Å². The molecule has 0 spiro atoms. The Morgan fingerprint density at radius 3 is 2.81 bits per heavy atom. The normalized spacial score (nSPS) is 24.2. The maximum atomic E-state index is 9.77. The molecular weight excluding hydrogens is 282 g/mol. The van der Waals surface area contributed by atoms with Crippen LogP contribution in [0.15, 0.2) is 18.2 Å². The monoisotopic (exact) mass is 309 g/mol. The zero-order valence-corrected chi connectivity index (χ0v) is 14.2. The van der Waals surface area contributed by atoms with Gasteiger partial charge in [-0.05, 0) is 49.6 Å². The van der Waals surface area contributed by atoms with Gasteiger partial charge in [-0.15, -0.1) is 0 Å². The first-order valence-electron chi connectivity index (χ1n) is 7.80. The molecule has 0 heterocycles. The number of aryl methyl sites for hydroxylation is 1. The summed E-state index contributed by atoms with van der Waals surface area (Å²) in [6.45, 7) is 7.09. The number of nitrogens with one attached hydrogen (secondary N) is 1. The zero-order chi connectivity index (χ0) is 15.4. The molecule has 1 aromatic carbocycles. The molecule has 4 atom stereocenters. The second kappa shape index (κ2) is 7.52. The second-order valence-electron chi connectivity index (χ2n) is 5.76. The van der Waals surface area contributed by atoms with Crippen molar-refractivity contribution in [3.63, 3.8) is 0 Å². The van der Waals surface area contributed by atoms with Crippen LogP contribution < -0.4 is 10.1 Å². The third-order valence-electron chi connectivity index (χ3n) is 4.25. The third kappa shape index (κ3) is 3.93. The molecular formula is C17H27NO2S. The van der Waals surface area contributed by atoms with Crippen molar-refractivity contribution in [3.05, 3.63) is 29.3 Å². The Morgan fingerprint density at radius 1 is 1.43 bits per heavy atom. The fourth-order valence-electron chi connectivity index (χ4n) is 2.89. The molecule has 0 aromatic heterocycles. The largest absolute Gasteiger partial charge is 0.497 e. The summed E-state index contributed by atoms with van der Waals surface area (Å²) in [7, 11) is 1.72. The van der Waals surface area contributed by atoms with Crippen molar-refractivity contribution in [2.45, 2.75) is 56.3 Å². The molecule has 2 N–H and O–H groups in total. The lowest BCUT2D eigenvalue weighted by Crippen LogP contribution is -2.36. The topological polar surface area (TPSA) is 41.5 Å². The molecule has 0 bridgehead atoms. The van der Waals surface area contributed by atoms with E-state index in [9.17, 15) is 5.11 Å². The number of methoxy groups -OCH3 is 1. The lowest BCUT2D eigenvalue weighted by molar-refractivity contribution is 0.196. The average molecular weight is 309 g/mol. The van der Waals surface area contributed by atoms with Crippen molar-refractivity contribution in [2.24, 2.45) is 0 Å². The number of fused-ring (bicyclic) bond motifs is 1. The molecule has 2 rings (SSSR count). The Hall–Kier alpha value is -0.710. The van der Waals surface area contributed by atoms with Gasteiger partial charge in [-0.1, -0.05) is 19.9 Å². The summed E-state index contributed by atoms with van der Waals surface area (Å²) in [5.74, 6) is 0.937. The van der Waals surface area contributed by atoms with E-state index in [0.29, 0.717) is 11.3 Å². The molecule has 1 aliphatic rings. The predicted octanol–water partition coefficient (Wildman–Crippen LogP) is 3.16. The van der Waals surface area contributed by atoms with Crippen molar-refractivity contribution in [1.29, 1.82) is 0 Å². The van der Waals surface area contributed by atoms with E-state index in [1.165, 1.54) is 11.1 Å². The van der Waals surface area contributed by atoms with Crippen LogP contribution >= 0.6 is 11.8 Å². The van der Waals surface area contributed by atoms with Crippen LogP contribution in [-0.4, -0.2) is 35.4 Å². The maximum Gasteiger partial charge on any atom is 0.119 e. The van der Waals surface area contributed by atoms with E-state index in [-0.39, 0.29) is 11.4 Å². The van der Waals surface area contributed by atoms with Gasteiger partial charge in [0, 0.05) is 16.5 Å². The summed E-state index contributed by atoms with van der Waals surface area (Å²) < 4.78 is 5.34. The Bertz CT molecular complexity index is 464. The SMILES string of the molecule is CCNC1c2ccc(OC)cc2CCC1SC(C)C(C)O. The molecule has 4 unspecified atom stereocenters. The van der Waals surface area contributed by atoms with Crippen LogP contribution in [0.5, 0.6) is 5.75 Å². The minimum Gasteiger partial charge on any atom is -0.497 e. The summed E-state index contributed by atoms with van der Waals surface area (Å²) in [5.41, 5.74) is 2.78. The van der Waals surface area contributed by atoms with Crippen molar-refractivity contribution >= 4 is 11.8 Å². The standard InChI is InChI=1S/C17H27NO2S/c1-5-18-17-15-8-7-14(20-4)10-13(15)6-9-16(17)21-12(3)11(2)19/h7-8,10-12,16-19H,5-6,9H2,1-4H3. The van der Waals surface area contributed by atoms with Gasteiger partial charge < -0.3 is 15.2 Å². The Morgan fingerprint density at radius 2 is 2.19 bits per heavy atom. The molecule has 0 saturated heterocycles. The van der Waals surface area contributed by atoms with Crippen LogP contribution in [0, 0.1) is 0 Å². The molecule has 0 amide bonds. The summed E-state index contributed by atoms with van der Waals surface area (Å²) in [4.78, 5) is 0. The van der Waals surface area contributed by atoms with Crippen molar-refractivity contribution in [1.82, 2.24) is 5.32 Å². The van der Waals surface area contributed by atoms with Gasteiger partial charge >= 0.3 is 0 Å². The molecule has 1 aliphatic carbocycles. The number of thioether (sulfide) groups is 1. The van der Waals surface area contributed by atoms with Crippen LogP contribution in [-0.2, 0) is 6.42 Å². The minimum absolute atomic E-state index is 0.260. The first kappa shape index (κ1) is 16.7. The van der Waals surface area contributed by atoms with E-state index in [4.69, 9.17) is 4.74 Å². The number of hydrogen-bond acceptors (Lipinski definition) is 4. The first-order valence-corrected chi connectivity index (χ1v) is 8.74. The summed E-state index contributed by atoms with van der Waals surface area (Å²) in [6.07, 6.45) is 1.95. The number of aliphatic hydroxyl groups is 1.